The van der Waals surface area contributed by atoms with Gasteiger partial charge < -0.3 is 5.32 Å². The third kappa shape index (κ3) is 3.40. The Morgan fingerprint density at radius 1 is 1.05 bits per heavy atom. The van der Waals surface area contributed by atoms with Crippen molar-refractivity contribution < 1.29 is 4.92 Å². The van der Waals surface area contributed by atoms with E-state index in [2.05, 4.69) is 30.4 Å². The Balaban J connectivity index is 2.35. The topological polar surface area (TPSA) is 55.2 Å². The van der Waals surface area contributed by atoms with Crippen molar-refractivity contribution >= 4 is 11.4 Å². The quantitative estimate of drug-likeness (QED) is 0.654. The highest BCUT2D eigenvalue weighted by molar-refractivity contribution is 5.63. The van der Waals surface area contributed by atoms with Gasteiger partial charge in [0.2, 0.25) is 0 Å². The molecule has 1 unspecified atom stereocenters. The molecule has 0 fully saturated rings. The van der Waals surface area contributed by atoms with Crippen molar-refractivity contribution in [1.29, 1.82) is 0 Å². The molecule has 21 heavy (non-hydrogen) atoms. The van der Waals surface area contributed by atoms with Crippen LogP contribution in [0, 0.1) is 30.9 Å². The monoisotopic (exact) mass is 284 g/mol. The van der Waals surface area contributed by atoms with Gasteiger partial charge in [-0.3, -0.25) is 10.1 Å². The van der Waals surface area contributed by atoms with Crippen molar-refractivity contribution in [2.45, 2.75) is 33.7 Å². The van der Waals surface area contributed by atoms with E-state index in [1.165, 1.54) is 11.1 Å². The molecule has 0 saturated carbocycles. The molecular weight excluding hydrogens is 264 g/mol. The van der Waals surface area contributed by atoms with Gasteiger partial charge in [0.25, 0.3) is 5.69 Å². The van der Waals surface area contributed by atoms with Crippen LogP contribution in [0.3, 0.4) is 0 Å². The molecule has 0 aliphatic heterocycles. The van der Waals surface area contributed by atoms with E-state index in [0.29, 0.717) is 5.69 Å². The fourth-order valence-corrected chi connectivity index (χ4v) is 2.46. The summed E-state index contributed by atoms with van der Waals surface area (Å²) in [6, 6.07) is 11.4. The van der Waals surface area contributed by atoms with Crippen LogP contribution in [0.15, 0.2) is 36.4 Å². The van der Waals surface area contributed by atoms with Gasteiger partial charge in [-0.2, -0.15) is 0 Å². The van der Waals surface area contributed by atoms with Gasteiger partial charge in [-0.25, -0.2) is 0 Å². The third-order valence-electron chi connectivity index (χ3n) is 3.62. The minimum absolute atomic E-state index is 0.00500. The van der Waals surface area contributed by atoms with Crippen molar-refractivity contribution in [3.8, 4) is 0 Å². The summed E-state index contributed by atoms with van der Waals surface area (Å²) in [7, 11) is 0. The minimum atomic E-state index is -0.350. The first kappa shape index (κ1) is 15.0. The SMILES string of the molecule is Cc1ccc([N+](=O)[O-])c(NC(C)c2cc(C)ccc2C)c1. The highest BCUT2D eigenvalue weighted by Crippen LogP contribution is 2.30. The molecule has 0 heterocycles. The van der Waals surface area contributed by atoms with Crippen molar-refractivity contribution in [3.63, 3.8) is 0 Å². The van der Waals surface area contributed by atoms with E-state index in [9.17, 15) is 10.1 Å². The van der Waals surface area contributed by atoms with Gasteiger partial charge in [-0.05, 0) is 50.5 Å². The Morgan fingerprint density at radius 2 is 1.67 bits per heavy atom. The lowest BCUT2D eigenvalue weighted by molar-refractivity contribution is -0.384. The zero-order valence-corrected chi connectivity index (χ0v) is 12.8. The van der Waals surface area contributed by atoms with E-state index >= 15 is 0 Å². The Morgan fingerprint density at radius 3 is 2.33 bits per heavy atom. The molecule has 0 aliphatic carbocycles. The molecule has 1 N–H and O–H groups in total. The summed E-state index contributed by atoms with van der Waals surface area (Å²) in [4.78, 5) is 10.8. The number of benzene rings is 2. The van der Waals surface area contributed by atoms with Crippen molar-refractivity contribution in [2.24, 2.45) is 0 Å². The first-order valence-electron chi connectivity index (χ1n) is 6.97. The third-order valence-corrected chi connectivity index (χ3v) is 3.62. The van der Waals surface area contributed by atoms with Gasteiger partial charge in [0.1, 0.15) is 5.69 Å². The summed E-state index contributed by atoms with van der Waals surface area (Å²) in [5.74, 6) is 0. The molecule has 2 aromatic rings. The molecule has 0 aliphatic rings. The fraction of sp³-hybridized carbons (Fsp3) is 0.294. The predicted octanol–water partition coefficient (Wildman–Crippen LogP) is 4.69. The molecule has 0 bridgehead atoms. The van der Waals surface area contributed by atoms with Crippen LogP contribution in [0.4, 0.5) is 11.4 Å². The zero-order valence-electron chi connectivity index (χ0n) is 12.8. The van der Waals surface area contributed by atoms with E-state index in [1.54, 1.807) is 12.1 Å². The van der Waals surface area contributed by atoms with Gasteiger partial charge >= 0.3 is 0 Å². The summed E-state index contributed by atoms with van der Waals surface area (Å²) in [6.07, 6.45) is 0. The molecule has 4 heteroatoms. The van der Waals surface area contributed by atoms with Crippen LogP contribution in [-0.2, 0) is 0 Å². The van der Waals surface area contributed by atoms with Gasteiger partial charge in [-0.15, -0.1) is 0 Å². The molecule has 2 aromatic carbocycles. The van der Waals surface area contributed by atoms with E-state index in [1.807, 2.05) is 26.8 Å². The number of hydrogen-bond donors (Lipinski definition) is 1. The average molecular weight is 284 g/mol. The Hall–Kier alpha value is -2.36. The number of nitro groups is 1. The second-order valence-corrected chi connectivity index (χ2v) is 5.50. The van der Waals surface area contributed by atoms with Crippen LogP contribution in [0.1, 0.15) is 35.2 Å². The van der Waals surface area contributed by atoms with Gasteiger partial charge in [-0.1, -0.05) is 29.8 Å². The molecule has 0 saturated heterocycles. The standard InChI is InChI=1S/C17H20N2O2/c1-11-5-7-13(3)15(9-11)14(4)18-16-10-12(2)6-8-17(16)19(20)21/h5-10,14,18H,1-4H3. The van der Waals surface area contributed by atoms with Crippen LogP contribution in [-0.4, -0.2) is 4.92 Å². The molecule has 0 spiro atoms. The molecule has 0 radical (unpaired) electrons. The van der Waals surface area contributed by atoms with Gasteiger partial charge in [0.15, 0.2) is 0 Å². The summed E-state index contributed by atoms with van der Waals surface area (Å²) in [5, 5.41) is 14.4. The van der Waals surface area contributed by atoms with E-state index in [4.69, 9.17) is 0 Å². The molecule has 1 atom stereocenters. The van der Waals surface area contributed by atoms with Crippen molar-refractivity contribution in [1.82, 2.24) is 0 Å². The number of rotatable bonds is 4. The van der Waals surface area contributed by atoms with Crippen LogP contribution in [0.2, 0.25) is 0 Å². The first-order chi connectivity index (χ1) is 9.88. The Labute approximate surface area is 125 Å². The number of nitro benzene ring substituents is 1. The average Bonchev–Trinajstić information content (AvgIpc) is 2.41. The Bertz CT molecular complexity index is 680. The van der Waals surface area contributed by atoms with E-state index < -0.39 is 0 Å². The minimum Gasteiger partial charge on any atom is -0.373 e. The van der Waals surface area contributed by atoms with E-state index in [-0.39, 0.29) is 16.7 Å². The van der Waals surface area contributed by atoms with Crippen molar-refractivity contribution in [2.75, 3.05) is 5.32 Å². The first-order valence-corrected chi connectivity index (χ1v) is 6.97. The smallest absolute Gasteiger partial charge is 0.292 e. The largest absolute Gasteiger partial charge is 0.373 e. The summed E-state index contributed by atoms with van der Waals surface area (Å²) < 4.78 is 0. The number of nitrogens with one attached hydrogen (secondary N) is 1. The number of nitrogens with zero attached hydrogens (tertiary/aromatic N) is 1. The molecule has 0 amide bonds. The van der Waals surface area contributed by atoms with Gasteiger partial charge in [0.05, 0.1) is 4.92 Å². The summed E-state index contributed by atoms with van der Waals surface area (Å²) in [6.45, 7) is 8.05. The zero-order chi connectivity index (χ0) is 15.6. The lowest BCUT2D eigenvalue weighted by Gasteiger charge is -2.18. The molecule has 2 rings (SSSR count). The molecule has 4 nitrogen and oxygen atoms in total. The Kier molecular flexibility index (Phi) is 4.26. The summed E-state index contributed by atoms with van der Waals surface area (Å²) >= 11 is 0. The van der Waals surface area contributed by atoms with Crippen LogP contribution in [0.5, 0.6) is 0 Å². The number of hydrogen-bond acceptors (Lipinski definition) is 3. The lowest BCUT2D eigenvalue weighted by Crippen LogP contribution is -2.10. The fourth-order valence-electron chi connectivity index (χ4n) is 2.46. The normalized spacial score (nSPS) is 12.0. The van der Waals surface area contributed by atoms with Crippen LogP contribution >= 0.6 is 0 Å². The maximum atomic E-state index is 11.1. The maximum Gasteiger partial charge on any atom is 0.292 e. The summed E-state index contributed by atoms with van der Waals surface area (Å²) in [5.41, 5.74) is 5.19. The second kappa shape index (κ2) is 5.95. The maximum absolute atomic E-state index is 11.1. The lowest BCUT2D eigenvalue weighted by atomic mass is 9.99. The highest BCUT2D eigenvalue weighted by atomic mass is 16.6. The molecular formula is C17H20N2O2. The van der Waals surface area contributed by atoms with Crippen molar-refractivity contribution in [3.05, 3.63) is 68.8 Å². The highest BCUT2D eigenvalue weighted by Gasteiger charge is 2.17. The van der Waals surface area contributed by atoms with E-state index in [0.717, 1.165) is 11.1 Å². The van der Waals surface area contributed by atoms with Crippen LogP contribution < -0.4 is 5.32 Å². The van der Waals surface area contributed by atoms with Gasteiger partial charge in [0, 0.05) is 12.1 Å². The van der Waals surface area contributed by atoms with Crippen LogP contribution in [0.25, 0.3) is 0 Å². The molecule has 0 aromatic heterocycles. The number of anilines is 1. The second-order valence-electron chi connectivity index (χ2n) is 5.50. The molecule has 110 valence electrons. The number of aryl methyl sites for hydroxylation is 3. The predicted molar refractivity (Wildman–Crippen MR) is 85.8 cm³/mol.